The van der Waals surface area contributed by atoms with Gasteiger partial charge in [0.15, 0.2) is 0 Å². The van der Waals surface area contributed by atoms with E-state index in [4.69, 9.17) is 4.18 Å². The topological polar surface area (TPSA) is 63.6 Å². The van der Waals surface area contributed by atoms with Crippen molar-refractivity contribution in [2.75, 3.05) is 12.9 Å². The predicted octanol–water partition coefficient (Wildman–Crippen LogP) is 1.09. The van der Waals surface area contributed by atoms with Crippen LogP contribution in [0.5, 0.6) is 0 Å². The highest BCUT2D eigenvalue weighted by Gasteiger charge is 2.54. The van der Waals surface area contributed by atoms with Crippen LogP contribution in [0.2, 0.25) is 0 Å². The molecular formula is C12H18O4S. The second kappa shape index (κ2) is 4.23. The fraction of sp³-hybridized carbons (Fsp3) is 0.667. The Labute approximate surface area is 102 Å². The lowest BCUT2D eigenvalue weighted by molar-refractivity contribution is -0.00175. The lowest BCUT2D eigenvalue weighted by Gasteiger charge is -2.28. The van der Waals surface area contributed by atoms with Gasteiger partial charge < -0.3 is 5.11 Å². The third-order valence-corrected chi connectivity index (χ3v) is 4.37. The van der Waals surface area contributed by atoms with E-state index in [1.165, 1.54) is 0 Å². The molecule has 0 saturated heterocycles. The molecule has 0 amide bonds. The predicted molar refractivity (Wildman–Crippen MR) is 64.8 cm³/mol. The Balaban J connectivity index is 2.05. The van der Waals surface area contributed by atoms with Crippen molar-refractivity contribution in [2.24, 2.45) is 17.8 Å². The quantitative estimate of drug-likeness (QED) is 0.592. The van der Waals surface area contributed by atoms with Crippen molar-refractivity contribution in [2.45, 2.75) is 18.4 Å². The third kappa shape index (κ3) is 2.32. The largest absolute Gasteiger partial charge is 0.388 e. The molecular weight excluding hydrogens is 240 g/mol. The van der Waals surface area contributed by atoms with Crippen LogP contribution in [0.4, 0.5) is 0 Å². The highest BCUT2D eigenvalue weighted by atomic mass is 32.2. The van der Waals surface area contributed by atoms with Crippen LogP contribution in [0.3, 0.4) is 0 Å². The van der Waals surface area contributed by atoms with Crippen molar-refractivity contribution in [3.05, 3.63) is 24.8 Å². The van der Waals surface area contributed by atoms with Crippen LogP contribution in [-0.4, -0.2) is 32.0 Å². The molecule has 0 radical (unpaired) electrons. The summed E-state index contributed by atoms with van der Waals surface area (Å²) in [4.78, 5) is 0. The monoisotopic (exact) mass is 258 g/mol. The van der Waals surface area contributed by atoms with Crippen molar-refractivity contribution >= 4 is 10.1 Å². The number of fused-ring (bicyclic) bond motifs is 2. The van der Waals surface area contributed by atoms with Crippen molar-refractivity contribution in [1.29, 1.82) is 0 Å². The van der Waals surface area contributed by atoms with E-state index in [1.54, 1.807) is 6.08 Å². The molecule has 0 aromatic heterocycles. The zero-order valence-corrected chi connectivity index (χ0v) is 10.7. The van der Waals surface area contributed by atoms with Gasteiger partial charge in [0.25, 0.3) is 10.1 Å². The average molecular weight is 258 g/mol. The summed E-state index contributed by atoms with van der Waals surface area (Å²) in [6.45, 7) is 3.82. The summed E-state index contributed by atoms with van der Waals surface area (Å²) in [5.41, 5.74) is -0.784. The Hall–Kier alpha value is -0.650. The van der Waals surface area contributed by atoms with Crippen LogP contribution < -0.4 is 0 Å². The van der Waals surface area contributed by atoms with Gasteiger partial charge in [-0.15, -0.1) is 6.58 Å². The molecule has 0 aliphatic heterocycles. The van der Waals surface area contributed by atoms with E-state index in [-0.39, 0.29) is 24.4 Å². The van der Waals surface area contributed by atoms with E-state index >= 15 is 0 Å². The van der Waals surface area contributed by atoms with Crippen LogP contribution in [0.1, 0.15) is 12.8 Å². The van der Waals surface area contributed by atoms with Gasteiger partial charge >= 0.3 is 0 Å². The summed E-state index contributed by atoms with van der Waals surface area (Å²) >= 11 is 0. The molecule has 2 aliphatic carbocycles. The van der Waals surface area contributed by atoms with E-state index < -0.39 is 15.7 Å². The van der Waals surface area contributed by atoms with Gasteiger partial charge in [-0.25, -0.2) is 0 Å². The zero-order chi connectivity index (χ0) is 12.7. The molecule has 0 aromatic rings. The van der Waals surface area contributed by atoms with Crippen molar-refractivity contribution < 1.29 is 17.7 Å². The molecule has 4 nitrogen and oxygen atoms in total. The van der Waals surface area contributed by atoms with Crippen molar-refractivity contribution in [1.82, 2.24) is 0 Å². The van der Waals surface area contributed by atoms with Gasteiger partial charge in [-0.3, -0.25) is 4.18 Å². The number of hydrogen-bond donors (Lipinski definition) is 1. The summed E-state index contributed by atoms with van der Waals surface area (Å²) in [6.07, 6.45) is 8.07. The molecule has 1 saturated carbocycles. The molecule has 0 spiro atoms. The summed E-state index contributed by atoms with van der Waals surface area (Å²) in [5, 5.41) is 10.6. The van der Waals surface area contributed by atoms with Crippen LogP contribution in [0.25, 0.3) is 0 Å². The van der Waals surface area contributed by atoms with E-state index in [9.17, 15) is 13.5 Å². The van der Waals surface area contributed by atoms with Gasteiger partial charge in [-0.05, 0) is 18.8 Å². The highest BCUT2D eigenvalue weighted by Crippen LogP contribution is 2.52. The van der Waals surface area contributed by atoms with Gasteiger partial charge in [0.2, 0.25) is 0 Å². The van der Waals surface area contributed by atoms with E-state index in [0.717, 1.165) is 12.7 Å². The van der Waals surface area contributed by atoms with Gasteiger partial charge in [0.1, 0.15) is 0 Å². The molecule has 2 bridgehead atoms. The molecule has 17 heavy (non-hydrogen) atoms. The summed E-state index contributed by atoms with van der Waals surface area (Å²) in [7, 11) is -3.40. The van der Waals surface area contributed by atoms with Gasteiger partial charge in [-0.1, -0.05) is 18.2 Å². The Morgan fingerprint density at radius 1 is 1.59 bits per heavy atom. The van der Waals surface area contributed by atoms with E-state index in [0.29, 0.717) is 6.42 Å². The van der Waals surface area contributed by atoms with Gasteiger partial charge in [0.05, 0.1) is 18.5 Å². The maximum Gasteiger partial charge on any atom is 0.264 e. The molecule has 4 atom stereocenters. The molecule has 1 N–H and O–H groups in total. The molecule has 2 rings (SSSR count). The lowest BCUT2D eigenvalue weighted by atomic mass is 9.85. The smallest absolute Gasteiger partial charge is 0.264 e. The number of hydrogen-bond acceptors (Lipinski definition) is 4. The van der Waals surface area contributed by atoms with Crippen molar-refractivity contribution in [3.63, 3.8) is 0 Å². The van der Waals surface area contributed by atoms with Crippen LogP contribution >= 0.6 is 0 Å². The minimum atomic E-state index is -3.40. The maximum absolute atomic E-state index is 11.0. The molecule has 2 aliphatic rings. The average Bonchev–Trinajstić information content (AvgIpc) is 2.66. The Morgan fingerprint density at radius 2 is 2.29 bits per heavy atom. The molecule has 0 unspecified atom stereocenters. The molecule has 0 heterocycles. The SMILES string of the molecule is C=CC[C@]1(O)[C@@H]2C=C[C@H]1C[C@H]2COS(C)(=O)=O. The second-order valence-corrected chi connectivity index (χ2v) is 6.63. The van der Waals surface area contributed by atoms with Crippen LogP contribution in [-0.2, 0) is 14.3 Å². The molecule has 5 heteroatoms. The molecule has 96 valence electrons. The minimum absolute atomic E-state index is 0.0211. The normalized spacial score (nSPS) is 39.8. The molecule has 0 aromatic carbocycles. The Kier molecular flexibility index (Phi) is 3.18. The second-order valence-electron chi connectivity index (χ2n) is 4.99. The minimum Gasteiger partial charge on any atom is -0.388 e. The van der Waals surface area contributed by atoms with E-state index in [2.05, 4.69) is 6.58 Å². The first-order valence-corrected chi connectivity index (χ1v) is 7.54. The van der Waals surface area contributed by atoms with E-state index in [1.807, 2.05) is 12.2 Å². The lowest BCUT2D eigenvalue weighted by Crippen LogP contribution is -2.36. The van der Waals surface area contributed by atoms with Gasteiger partial charge in [-0.2, -0.15) is 8.42 Å². The molecule has 1 fully saturated rings. The summed E-state index contributed by atoms with van der Waals surface area (Å²) < 4.78 is 26.8. The van der Waals surface area contributed by atoms with Gasteiger partial charge in [0, 0.05) is 11.8 Å². The Bertz CT molecular complexity index is 439. The maximum atomic E-state index is 11.0. The highest BCUT2D eigenvalue weighted by molar-refractivity contribution is 7.85. The fourth-order valence-electron chi connectivity index (χ4n) is 3.06. The van der Waals surface area contributed by atoms with Crippen LogP contribution in [0.15, 0.2) is 24.8 Å². The first kappa shape index (κ1) is 12.8. The third-order valence-electron chi connectivity index (χ3n) is 3.80. The first-order valence-electron chi connectivity index (χ1n) is 5.73. The summed E-state index contributed by atoms with van der Waals surface area (Å²) in [5.74, 6) is 0.149. The van der Waals surface area contributed by atoms with Crippen molar-refractivity contribution in [3.8, 4) is 0 Å². The van der Waals surface area contributed by atoms with Crippen LogP contribution in [0, 0.1) is 17.8 Å². The Morgan fingerprint density at radius 3 is 2.88 bits per heavy atom. The number of rotatable bonds is 5. The number of aliphatic hydroxyl groups is 1. The zero-order valence-electron chi connectivity index (χ0n) is 9.87. The fourth-order valence-corrected chi connectivity index (χ4v) is 3.48. The standard InChI is InChI=1S/C12H18O4S/c1-3-6-12(13)10-4-5-11(12)9(7-10)8-16-17(2,14)15/h3-5,9-11,13H,1,6-8H2,2H3/t9-,10-,11+,12+/m0/s1. The summed E-state index contributed by atoms with van der Waals surface area (Å²) in [6, 6.07) is 0. The first-order chi connectivity index (χ1) is 7.87.